The highest BCUT2D eigenvalue weighted by atomic mass is 16.2. The number of carbonyl (C=O) groups excluding carboxylic acids is 1. The zero-order valence-electron chi connectivity index (χ0n) is 8.83. The van der Waals surface area contributed by atoms with Crippen molar-refractivity contribution in [2.45, 2.75) is 51.1 Å². The molecular formula is C11H20N2O. The van der Waals surface area contributed by atoms with Crippen LogP contribution < -0.4 is 11.1 Å². The van der Waals surface area contributed by atoms with E-state index in [0.717, 1.165) is 19.3 Å². The van der Waals surface area contributed by atoms with Gasteiger partial charge in [0.25, 0.3) is 0 Å². The first-order valence-corrected chi connectivity index (χ1v) is 5.74. The first-order chi connectivity index (χ1) is 6.68. The van der Waals surface area contributed by atoms with Gasteiger partial charge < -0.3 is 11.1 Å². The fraction of sp³-hybridized carbons (Fsp3) is 0.909. The van der Waals surface area contributed by atoms with Crippen LogP contribution in [-0.4, -0.2) is 18.0 Å². The molecule has 14 heavy (non-hydrogen) atoms. The lowest BCUT2D eigenvalue weighted by atomic mass is 9.91. The van der Waals surface area contributed by atoms with E-state index in [0.29, 0.717) is 5.92 Å². The molecule has 2 aliphatic carbocycles. The van der Waals surface area contributed by atoms with E-state index in [2.05, 4.69) is 12.2 Å². The van der Waals surface area contributed by atoms with E-state index in [9.17, 15) is 4.79 Å². The Morgan fingerprint density at radius 3 is 2.57 bits per heavy atom. The van der Waals surface area contributed by atoms with Gasteiger partial charge in [-0.1, -0.05) is 19.8 Å². The molecular weight excluding hydrogens is 176 g/mol. The molecule has 0 bridgehead atoms. The Kier molecular flexibility index (Phi) is 2.77. The van der Waals surface area contributed by atoms with Crippen molar-refractivity contribution in [1.82, 2.24) is 5.32 Å². The summed E-state index contributed by atoms with van der Waals surface area (Å²) in [6.45, 7) is 2.13. The zero-order chi connectivity index (χ0) is 10.1. The topological polar surface area (TPSA) is 55.1 Å². The fourth-order valence-corrected chi connectivity index (χ4v) is 2.32. The number of carbonyl (C=O) groups is 1. The maximum Gasteiger partial charge on any atom is 0.223 e. The number of hydrogen-bond acceptors (Lipinski definition) is 2. The van der Waals surface area contributed by atoms with Crippen LogP contribution in [-0.2, 0) is 4.79 Å². The molecule has 2 aliphatic rings. The second-order valence-electron chi connectivity index (χ2n) is 4.88. The van der Waals surface area contributed by atoms with Gasteiger partial charge in [-0.25, -0.2) is 0 Å². The van der Waals surface area contributed by atoms with Crippen LogP contribution in [0.1, 0.15) is 39.0 Å². The molecule has 2 rings (SSSR count). The van der Waals surface area contributed by atoms with E-state index in [4.69, 9.17) is 5.73 Å². The molecule has 0 aliphatic heterocycles. The van der Waals surface area contributed by atoms with Gasteiger partial charge in [-0.15, -0.1) is 0 Å². The molecule has 3 N–H and O–H groups in total. The number of amides is 1. The average molecular weight is 196 g/mol. The number of nitrogens with two attached hydrogens (primary N) is 1. The third-order valence-electron chi connectivity index (χ3n) is 3.59. The molecule has 0 aromatic carbocycles. The number of rotatable bonds is 2. The molecule has 0 saturated heterocycles. The maximum atomic E-state index is 11.7. The molecule has 0 heterocycles. The Labute approximate surface area is 85.4 Å². The number of nitrogens with one attached hydrogen (secondary N) is 1. The van der Waals surface area contributed by atoms with E-state index in [1.54, 1.807) is 0 Å². The molecule has 3 heteroatoms. The quantitative estimate of drug-likeness (QED) is 0.693. The average Bonchev–Trinajstić information content (AvgIpc) is 2.87. The molecule has 1 amide bonds. The highest BCUT2D eigenvalue weighted by molar-refractivity contribution is 5.81. The van der Waals surface area contributed by atoms with Crippen molar-refractivity contribution in [2.75, 3.05) is 0 Å². The van der Waals surface area contributed by atoms with Crippen LogP contribution in [0.2, 0.25) is 0 Å². The van der Waals surface area contributed by atoms with Crippen LogP contribution in [0.25, 0.3) is 0 Å². The Bertz CT molecular complexity index is 229. The van der Waals surface area contributed by atoms with Crippen LogP contribution in [0.5, 0.6) is 0 Å². The van der Waals surface area contributed by atoms with Gasteiger partial charge in [0.05, 0.1) is 0 Å². The van der Waals surface area contributed by atoms with E-state index in [-0.39, 0.29) is 23.9 Å². The summed E-state index contributed by atoms with van der Waals surface area (Å²) in [4.78, 5) is 11.7. The highest BCUT2D eigenvalue weighted by Crippen LogP contribution is 2.38. The summed E-state index contributed by atoms with van der Waals surface area (Å²) in [5, 5.41) is 3.10. The Morgan fingerprint density at radius 2 is 2.00 bits per heavy atom. The minimum Gasteiger partial charge on any atom is -0.352 e. The van der Waals surface area contributed by atoms with Gasteiger partial charge in [0.2, 0.25) is 5.91 Å². The summed E-state index contributed by atoms with van der Waals surface area (Å²) >= 11 is 0. The zero-order valence-corrected chi connectivity index (χ0v) is 8.83. The van der Waals surface area contributed by atoms with Gasteiger partial charge in [-0.3, -0.25) is 4.79 Å². The van der Waals surface area contributed by atoms with Gasteiger partial charge in [-0.2, -0.15) is 0 Å². The van der Waals surface area contributed by atoms with Crippen molar-refractivity contribution in [3.8, 4) is 0 Å². The van der Waals surface area contributed by atoms with Crippen molar-refractivity contribution in [2.24, 2.45) is 17.6 Å². The lowest BCUT2D eigenvalue weighted by Gasteiger charge is -2.29. The van der Waals surface area contributed by atoms with Gasteiger partial charge in [0.1, 0.15) is 0 Å². The third-order valence-corrected chi connectivity index (χ3v) is 3.59. The molecule has 2 saturated carbocycles. The smallest absolute Gasteiger partial charge is 0.223 e. The Hall–Kier alpha value is -0.570. The Morgan fingerprint density at radius 1 is 1.36 bits per heavy atom. The van der Waals surface area contributed by atoms with E-state index in [1.807, 2.05) is 0 Å². The lowest BCUT2D eigenvalue weighted by molar-refractivity contribution is -0.123. The monoisotopic (exact) mass is 196 g/mol. The molecule has 0 spiro atoms. The molecule has 4 atom stereocenters. The maximum absolute atomic E-state index is 11.7. The van der Waals surface area contributed by atoms with Crippen LogP contribution in [0.4, 0.5) is 0 Å². The largest absolute Gasteiger partial charge is 0.352 e. The SMILES string of the molecule is CC1CC1C(=O)N[C@@H]1CCCC[C@H]1N. The molecule has 0 aromatic rings. The van der Waals surface area contributed by atoms with Crippen LogP contribution in [0.3, 0.4) is 0 Å². The summed E-state index contributed by atoms with van der Waals surface area (Å²) < 4.78 is 0. The summed E-state index contributed by atoms with van der Waals surface area (Å²) in [6, 6.07) is 0.422. The van der Waals surface area contributed by atoms with Crippen molar-refractivity contribution in [3.63, 3.8) is 0 Å². The molecule has 0 radical (unpaired) electrons. The second kappa shape index (κ2) is 3.89. The first-order valence-electron chi connectivity index (χ1n) is 5.74. The minimum atomic E-state index is 0.182. The van der Waals surface area contributed by atoms with Crippen LogP contribution in [0.15, 0.2) is 0 Å². The lowest BCUT2D eigenvalue weighted by Crippen LogP contribution is -2.49. The van der Waals surface area contributed by atoms with Crippen LogP contribution >= 0.6 is 0 Å². The standard InChI is InChI=1S/C11H20N2O/c1-7-6-8(7)11(14)13-10-5-3-2-4-9(10)12/h7-10H,2-6,12H2,1H3,(H,13,14)/t7?,8?,9-,10-/m1/s1. The van der Waals surface area contributed by atoms with Crippen molar-refractivity contribution < 1.29 is 4.79 Å². The van der Waals surface area contributed by atoms with Crippen molar-refractivity contribution in [3.05, 3.63) is 0 Å². The van der Waals surface area contributed by atoms with Crippen LogP contribution in [0, 0.1) is 11.8 Å². The van der Waals surface area contributed by atoms with E-state index >= 15 is 0 Å². The molecule has 2 unspecified atom stereocenters. The summed E-state index contributed by atoms with van der Waals surface area (Å²) in [5.74, 6) is 1.11. The Balaban J connectivity index is 1.80. The first kappa shape index (κ1) is 9.97. The molecule has 0 aromatic heterocycles. The van der Waals surface area contributed by atoms with Crippen molar-refractivity contribution in [1.29, 1.82) is 0 Å². The minimum absolute atomic E-state index is 0.182. The van der Waals surface area contributed by atoms with E-state index in [1.165, 1.54) is 12.8 Å². The fourth-order valence-electron chi connectivity index (χ4n) is 2.32. The summed E-state index contributed by atoms with van der Waals surface area (Å²) in [5.41, 5.74) is 5.97. The van der Waals surface area contributed by atoms with Gasteiger partial charge in [0, 0.05) is 18.0 Å². The second-order valence-corrected chi connectivity index (χ2v) is 4.88. The number of hydrogen-bond donors (Lipinski definition) is 2. The van der Waals surface area contributed by atoms with Gasteiger partial charge >= 0.3 is 0 Å². The summed E-state index contributed by atoms with van der Waals surface area (Å²) in [7, 11) is 0. The van der Waals surface area contributed by atoms with Gasteiger partial charge in [-0.05, 0) is 25.2 Å². The van der Waals surface area contributed by atoms with Gasteiger partial charge in [0.15, 0.2) is 0 Å². The third kappa shape index (κ3) is 2.08. The molecule has 2 fully saturated rings. The summed E-state index contributed by atoms with van der Waals surface area (Å²) in [6.07, 6.45) is 5.61. The van der Waals surface area contributed by atoms with Crippen molar-refractivity contribution >= 4 is 5.91 Å². The molecule has 3 nitrogen and oxygen atoms in total. The predicted molar refractivity (Wildman–Crippen MR) is 55.6 cm³/mol. The predicted octanol–water partition coefficient (Wildman–Crippen LogP) is 1.03. The molecule has 80 valence electrons. The normalized spacial score (nSPS) is 41.9. The van der Waals surface area contributed by atoms with E-state index < -0.39 is 0 Å². The highest BCUT2D eigenvalue weighted by Gasteiger charge is 2.40.